The molecule has 2 aliphatic heterocycles. The number of benzene rings is 1. The molecule has 3 rings (SSSR count). The number of carbonyl (C=O) groups is 1. The molecule has 0 unspecified atom stereocenters. The van der Waals surface area contributed by atoms with Crippen molar-refractivity contribution < 1.29 is 9.53 Å². The smallest absolute Gasteiger partial charge is 0.226 e. The van der Waals surface area contributed by atoms with Crippen molar-refractivity contribution in [1.82, 2.24) is 9.80 Å². The molecule has 0 N–H and O–H groups in total. The first-order chi connectivity index (χ1) is 12.8. The average Bonchev–Trinajstić information content (AvgIpc) is 2.87. The second kappa shape index (κ2) is 9.89. The van der Waals surface area contributed by atoms with Gasteiger partial charge in [0.1, 0.15) is 0 Å². The van der Waals surface area contributed by atoms with Crippen LogP contribution in [0.3, 0.4) is 0 Å². The number of methoxy groups -OCH3 is 1. The van der Waals surface area contributed by atoms with Gasteiger partial charge in [0.25, 0.3) is 0 Å². The van der Waals surface area contributed by atoms with Gasteiger partial charge in [0, 0.05) is 32.7 Å². The van der Waals surface area contributed by atoms with Crippen molar-refractivity contribution in [2.45, 2.75) is 25.7 Å². The molecule has 142 valence electrons. The third-order valence-corrected chi connectivity index (χ3v) is 5.84. The van der Waals surface area contributed by atoms with E-state index in [0.29, 0.717) is 25.0 Å². The van der Waals surface area contributed by atoms with Crippen molar-refractivity contribution in [2.75, 3.05) is 46.4 Å². The van der Waals surface area contributed by atoms with E-state index in [1.54, 1.807) is 7.11 Å². The fourth-order valence-electron chi connectivity index (χ4n) is 4.18. The highest BCUT2D eigenvalue weighted by molar-refractivity contribution is 5.80. The predicted molar refractivity (Wildman–Crippen MR) is 105 cm³/mol. The van der Waals surface area contributed by atoms with Crippen molar-refractivity contribution in [3.63, 3.8) is 0 Å². The lowest BCUT2D eigenvalue weighted by atomic mass is 9.81. The minimum absolute atomic E-state index is 0.155. The zero-order chi connectivity index (χ0) is 18.2. The summed E-state index contributed by atoms with van der Waals surface area (Å²) in [5.74, 6) is 1.000. The monoisotopic (exact) mass is 356 g/mol. The molecule has 0 spiro atoms. The number of allylic oxidation sites excluding steroid dienone is 1. The van der Waals surface area contributed by atoms with Crippen LogP contribution in [-0.4, -0.2) is 62.1 Å². The van der Waals surface area contributed by atoms with Crippen LogP contribution in [0.5, 0.6) is 0 Å². The number of hydrogen-bond donors (Lipinski definition) is 0. The van der Waals surface area contributed by atoms with Gasteiger partial charge in [0.15, 0.2) is 0 Å². The molecule has 1 amide bonds. The first kappa shape index (κ1) is 19.1. The Balaban J connectivity index is 1.48. The zero-order valence-corrected chi connectivity index (χ0v) is 16.0. The topological polar surface area (TPSA) is 32.8 Å². The third-order valence-electron chi connectivity index (χ3n) is 5.84. The molecule has 1 atom stereocenters. The van der Waals surface area contributed by atoms with E-state index in [-0.39, 0.29) is 5.92 Å². The third kappa shape index (κ3) is 5.18. The summed E-state index contributed by atoms with van der Waals surface area (Å²) in [6.45, 7) is 5.40. The first-order valence-electron chi connectivity index (χ1n) is 9.97. The maximum Gasteiger partial charge on any atom is 0.226 e. The summed E-state index contributed by atoms with van der Waals surface area (Å²) in [6, 6.07) is 10.7. The summed E-state index contributed by atoms with van der Waals surface area (Å²) in [5, 5.41) is 0. The maximum absolute atomic E-state index is 13.0. The molecule has 1 fully saturated rings. The second-order valence-electron chi connectivity index (χ2n) is 7.51. The van der Waals surface area contributed by atoms with Crippen LogP contribution in [-0.2, 0) is 16.0 Å². The summed E-state index contributed by atoms with van der Waals surface area (Å²) in [7, 11) is 1.70. The highest BCUT2D eigenvalue weighted by Crippen LogP contribution is 2.30. The fraction of sp³-hybridized carbons (Fsp3) is 0.591. The van der Waals surface area contributed by atoms with E-state index in [0.717, 1.165) is 51.9 Å². The molecule has 2 aliphatic rings. The van der Waals surface area contributed by atoms with Crippen molar-refractivity contribution in [3.8, 4) is 0 Å². The van der Waals surface area contributed by atoms with E-state index >= 15 is 0 Å². The normalized spacial score (nSPS) is 22.6. The number of carbonyl (C=O) groups excluding carboxylic acids is 1. The molecule has 1 aromatic carbocycles. The van der Waals surface area contributed by atoms with Gasteiger partial charge >= 0.3 is 0 Å². The summed E-state index contributed by atoms with van der Waals surface area (Å²) >= 11 is 0. The Morgan fingerprint density at radius 3 is 2.58 bits per heavy atom. The molecule has 2 heterocycles. The lowest BCUT2D eigenvalue weighted by molar-refractivity contribution is -0.137. The molecule has 0 bridgehead atoms. The van der Waals surface area contributed by atoms with Gasteiger partial charge in [-0.1, -0.05) is 42.5 Å². The number of amides is 1. The number of piperidine rings is 1. The van der Waals surface area contributed by atoms with Crippen LogP contribution in [0.2, 0.25) is 0 Å². The number of likely N-dealkylation sites (tertiary alicyclic amines) is 1. The molecule has 0 aliphatic carbocycles. The Hall–Kier alpha value is -1.65. The largest absolute Gasteiger partial charge is 0.383 e. The van der Waals surface area contributed by atoms with Crippen molar-refractivity contribution >= 4 is 5.91 Å². The van der Waals surface area contributed by atoms with Gasteiger partial charge in [-0.15, -0.1) is 0 Å². The maximum atomic E-state index is 13.0. The molecule has 0 radical (unpaired) electrons. The van der Waals surface area contributed by atoms with E-state index in [4.69, 9.17) is 4.74 Å². The second-order valence-corrected chi connectivity index (χ2v) is 7.51. The number of ether oxygens (including phenoxy) is 1. The predicted octanol–water partition coefficient (Wildman–Crippen LogP) is 2.99. The van der Waals surface area contributed by atoms with E-state index in [2.05, 4.69) is 47.4 Å². The van der Waals surface area contributed by atoms with Crippen molar-refractivity contribution in [2.24, 2.45) is 11.8 Å². The van der Waals surface area contributed by atoms with Gasteiger partial charge in [0.2, 0.25) is 5.91 Å². The minimum Gasteiger partial charge on any atom is -0.383 e. The Labute approximate surface area is 157 Å². The first-order valence-corrected chi connectivity index (χ1v) is 9.97. The standard InChI is InChI=1S/C22H32N2O2/c1-26-18-17-24-13-6-5-9-21(22(24)25)20-11-15-23(16-12-20)14-10-19-7-3-2-4-8-19/h2-8,20-21H,9-18H2,1H3/t21-/m0/s1. The fourth-order valence-corrected chi connectivity index (χ4v) is 4.18. The Bertz CT molecular complexity index is 579. The van der Waals surface area contributed by atoms with Gasteiger partial charge in [-0.05, 0) is 50.3 Å². The molecule has 26 heavy (non-hydrogen) atoms. The molecular formula is C22H32N2O2. The molecule has 1 saturated heterocycles. The van der Waals surface area contributed by atoms with E-state index < -0.39 is 0 Å². The van der Waals surface area contributed by atoms with Crippen LogP contribution in [0.1, 0.15) is 24.8 Å². The van der Waals surface area contributed by atoms with Gasteiger partial charge < -0.3 is 14.5 Å². The van der Waals surface area contributed by atoms with Crippen LogP contribution in [0.4, 0.5) is 0 Å². The summed E-state index contributed by atoms with van der Waals surface area (Å²) < 4.78 is 5.17. The zero-order valence-electron chi connectivity index (χ0n) is 16.0. The molecule has 0 saturated carbocycles. The van der Waals surface area contributed by atoms with Gasteiger partial charge in [-0.2, -0.15) is 0 Å². The number of nitrogens with zero attached hydrogens (tertiary/aromatic N) is 2. The molecular weight excluding hydrogens is 324 g/mol. The number of rotatable bonds is 7. The molecule has 1 aromatic rings. The van der Waals surface area contributed by atoms with Crippen molar-refractivity contribution in [1.29, 1.82) is 0 Å². The molecule has 0 aromatic heterocycles. The minimum atomic E-state index is 0.155. The van der Waals surface area contributed by atoms with Crippen LogP contribution in [0, 0.1) is 11.8 Å². The SMILES string of the molecule is COCCN1CC=CC[C@@H](C2CCN(CCc3ccccc3)CC2)C1=O. The van der Waals surface area contributed by atoms with Crippen LogP contribution in [0.15, 0.2) is 42.5 Å². The Kier molecular flexibility index (Phi) is 7.27. The highest BCUT2D eigenvalue weighted by atomic mass is 16.5. The van der Waals surface area contributed by atoms with Gasteiger partial charge in [-0.25, -0.2) is 0 Å². The van der Waals surface area contributed by atoms with E-state index in [1.807, 2.05) is 4.90 Å². The summed E-state index contributed by atoms with van der Waals surface area (Å²) in [5.41, 5.74) is 1.41. The van der Waals surface area contributed by atoms with Gasteiger partial charge in [0.05, 0.1) is 6.61 Å². The Morgan fingerprint density at radius 1 is 1.08 bits per heavy atom. The highest BCUT2D eigenvalue weighted by Gasteiger charge is 2.33. The van der Waals surface area contributed by atoms with Gasteiger partial charge in [-0.3, -0.25) is 4.79 Å². The lowest BCUT2D eigenvalue weighted by Crippen LogP contribution is -2.43. The lowest BCUT2D eigenvalue weighted by Gasteiger charge is -2.36. The van der Waals surface area contributed by atoms with Crippen LogP contribution in [0.25, 0.3) is 0 Å². The average molecular weight is 357 g/mol. The van der Waals surface area contributed by atoms with Crippen LogP contribution >= 0.6 is 0 Å². The number of hydrogen-bond acceptors (Lipinski definition) is 3. The summed E-state index contributed by atoms with van der Waals surface area (Å²) in [6.07, 6.45) is 8.63. The van der Waals surface area contributed by atoms with E-state index in [1.165, 1.54) is 5.56 Å². The quantitative estimate of drug-likeness (QED) is 0.704. The molecule has 4 nitrogen and oxygen atoms in total. The van der Waals surface area contributed by atoms with Crippen molar-refractivity contribution in [3.05, 3.63) is 48.0 Å². The summed E-state index contributed by atoms with van der Waals surface area (Å²) in [4.78, 5) is 17.5. The van der Waals surface area contributed by atoms with E-state index in [9.17, 15) is 4.79 Å². The Morgan fingerprint density at radius 2 is 1.85 bits per heavy atom. The molecule has 4 heteroatoms. The van der Waals surface area contributed by atoms with Crippen LogP contribution < -0.4 is 0 Å².